The Morgan fingerprint density at radius 3 is 1.74 bits per heavy atom. The van der Waals surface area contributed by atoms with Crippen LogP contribution in [0.3, 0.4) is 0 Å². The van der Waals surface area contributed by atoms with Gasteiger partial charge in [-0.05, 0) is 157 Å². The number of anilines is 1. The number of nitrogen functional groups attached to an aromatic ring is 1. The molecule has 3 N–H and O–H groups in total. The zero-order valence-corrected chi connectivity index (χ0v) is 37.7. The van der Waals surface area contributed by atoms with Crippen molar-refractivity contribution < 1.29 is 4.74 Å². The maximum absolute atomic E-state index is 12.8. The Balaban J connectivity index is 1.31. The summed E-state index contributed by atoms with van der Waals surface area (Å²) in [5, 5.41) is 0. The van der Waals surface area contributed by atoms with Gasteiger partial charge in [0.1, 0.15) is 5.52 Å². The molecule has 0 unspecified atom stereocenters. The van der Waals surface area contributed by atoms with Crippen LogP contribution < -0.4 is 16.2 Å². The lowest BCUT2D eigenvalue weighted by Gasteiger charge is -2.17. The van der Waals surface area contributed by atoms with Crippen molar-refractivity contribution in [1.29, 1.82) is 0 Å². The molecular weight excluding hydrogens is 717 g/mol. The summed E-state index contributed by atoms with van der Waals surface area (Å²) in [6.07, 6.45) is 30.1. The third-order valence-electron chi connectivity index (χ3n) is 10.6. The maximum Gasteiger partial charge on any atom is 0.328 e. The highest BCUT2D eigenvalue weighted by molar-refractivity contribution is 5.81. The summed E-state index contributed by atoms with van der Waals surface area (Å²) < 4.78 is 7.26. The number of aromatic amines is 1. The van der Waals surface area contributed by atoms with Gasteiger partial charge in [0.2, 0.25) is 0 Å². The molecule has 0 amide bonds. The van der Waals surface area contributed by atoms with Crippen LogP contribution in [0.4, 0.5) is 5.82 Å². The standard InChI is InChI=1S/C50H76N6O2/c1-10-11-35-58-49-53-47(51)46-48(54-49)56(50(57)52-46)37-45-32-30-44(31-33-45)36-55(9)34-18-29-43(8)28-17-27-42(7)26-16-24-40(5)21-13-12-20-39(4)23-15-25-41(6)22-14-19-38(2)3/h19-21,25-26,28,30-33H,10-18,22-24,27,29,34-37H2,1-9H3,(H,52,57)(H2,51,53,54)/b39-20+,40-21+,41-25+,42-26+,43-28+. The number of allylic oxidation sites excluding steroid dienone is 12. The summed E-state index contributed by atoms with van der Waals surface area (Å²) in [4.78, 5) is 26.7. The van der Waals surface area contributed by atoms with Crippen molar-refractivity contribution in [2.45, 2.75) is 158 Å². The van der Waals surface area contributed by atoms with Gasteiger partial charge in [-0.15, -0.1) is 0 Å². The minimum absolute atomic E-state index is 0.197. The van der Waals surface area contributed by atoms with Gasteiger partial charge in [0.25, 0.3) is 0 Å². The lowest BCUT2D eigenvalue weighted by atomic mass is 10.0. The number of H-pyrrole nitrogens is 1. The Labute approximate surface area is 351 Å². The number of rotatable bonds is 27. The van der Waals surface area contributed by atoms with E-state index in [1.807, 2.05) is 0 Å². The summed E-state index contributed by atoms with van der Waals surface area (Å²) in [7, 11) is 2.18. The van der Waals surface area contributed by atoms with Crippen LogP contribution in [0.2, 0.25) is 0 Å². The van der Waals surface area contributed by atoms with Crippen LogP contribution in [0, 0.1) is 0 Å². The van der Waals surface area contributed by atoms with E-state index in [0.29, 0.717) is 24.3 Å². The molecule has 2 heterocycles. The predicted molar refractivity (Wildman–Crippen MR) is 248 cm³/mol. The Kier molecular flexibility index (Phi) is 21.9. The molecule has 0 aliphatic carbocycles. The van der Waals surface area contributed by atoms with E-state index in [1.165, 1.54) is 51.8 Å². The summed E-state index contributed by atoms with van der Waals surface area (Å²) in [6, 6.07) is 8.64. The van der Waals surface area contributed by atoms with E-state index in [0.717, 1.165) is 95.7 Å². The van der Waals surface area contributed by atoms with Crippen LogP contribution in [0.1, 0.15) is 156 Å². The van der Waals surface area contributed by atoms with Crippen LogP contribution in [-0.2, 0) is 13.1 Å². The zero-order valence-electron chi connectivity index (χ0n) is 37.7. The highest BCUT2D eigenvalue weighted by atomic mass is 16.5. The number of benzene rings is 1. The third-order valence-corrected chi connectivity index (χ3v) is 10.6. The van der Waals surface area contributed by atoms with Crippen molar-refractivity contribution in [3.8, 4) is 6.01 Å². The minimum Gasteiger partial charge on any atom is -0.463 e. The molecule has 0 aliphatic rings. The van der Waals surface area contributed by atoms with Gasteiger partial charge < -0.3 is 20.4 Å². The number of ether oxygens (including phenoxy) is 1. The molecule has 8 heteroatoms. The van der Waals surface area contributed by atoms with Gasteiger partial charge in [-0.2, -0.15) is 9.97 Å². The molecule has 0 bridgehead atoms. The van der Waals surface area contributed by atoms with Crippen LogP contribution in [0.15, 0.2) is 99.0 Å². The molecule has 58 heavy (non-hydrogen) atoms. The maximum atomic E-state index is 12.8. The molecular formula is C50H76N6O2. The van der Waals surface area contributed by atoms with Gasteiger partial charge in [0, 0.05) is 6.54 Å². The van der Waals surface area contributed by atoms with Gasteiger partial charge in [-0.1, -0.05) is 108 Å². The van der Waals surface area contributed by atoms with E-state index in [2.05, 4.69) is 143 Å². The molecule has 0 fully saturated rings. The van der Waals surface area contributed by atoms with Gasteiger partial charge in [0.15, 0.2) is 11.5 Å². The predicted octanol–water partition coefficient (Wildman–Crippen LogP) is 12.7. The van der Waals surface area contributed by atoms with Gasteiger partial charge in [-0.25, -0.2) is 4.79 Å². The first kappa shape index (κ1) is 47.9. The monoisotopic (exact) mass is 793 g/mol. The van der Waals surface area contributed by atoms with Gasteiger partial charge >= 0.3 is 11.7 Å². The average Bonchev–Trinajstić information content (AvgIpc) is 3.48. The lowest BCUT2D eigenvalue weighted by Crippen LogP contribution is -2.19. The van der Waals surface area contributed by atoms with Crippen LogP contribution in [0.25, 0.3) is 11.2 Å². The first-order chi connectivity index (χ1) is 27.8. The molecule has 3 aromatic rings. The lowest BCUT2D eigenvalue weighted by molar-refractivity contribution is 0.286. The average molecular weight is 793 g/mol. The second-order valence-corrected chi connectivity index (χ2v) is 16.7. The molecule has 2 aromatic heterocycles. The SMILES string of the molecule is CCCCOc1nc(N)c2[nH]c(=O)n(Cc3ccc(CN(C)CCC/C(C)=C/CC/C(C)=C/CC/C(C)=C/CC/C=C(\C)CC/C=C(\C)CCC=C(C)C)cc3)c2n1. The summed E-state index contributed by atoms with van der Waals surface area (Å²) in [5.74, 6) is 0.212. The zero-order chi connectivity index (χ0) is 42.3. The first-order valence-electron chi connectivity index (χ1n) is 21.9. The number of nitrogens with one attached hydrogen (secondary N) is 1. The Morgan fingerprint density at radius 1 is 0.707 bits per heavy atom. The second-order valence-electron chi connectivity index (χ2n) is 16.7. The molecule has 0 spiro atoms. The molecule has 0 atom stereocenters. The van der Waals surface area contributed by atoms with E-state index in [-0.39, 0.29) is 17.5 Å². The van der Waals surface area contributed by atoms with Crippen molar-refractivity contribution in [2.24, 2.45) is 0 Å². The quantitative estimate of drug-likeness (QED) is 0.0589. The largest absolute Gasteiger partial charge is 0.463 e. The molecule has 1 aromatic carbocycles. The normalized spacial score (nSPS) is 13.2. The summed E-state index contributed by atoms with van der Waals surface area (Å²) in [5.41, 5.74) is 17.9. The van der Waals surface area contributed by atoms with Crippen molar-refractivity contribution in [2.75, 3.05) is 25.9 Å². The molecule has 0 aliphatic heterocycles. The fourth-order valence-electron chi connectivity index (χ4n) is 6.90. The van der Waals surface area contributed by atoms with Crippen LogP contribution in [-0.4, -0.2) is 44.6 Å². The summed E-state index contributed by atoms with van der Waals surface area (Å²) in [6.45, 7) is 20.6. The number of imidazole rings is 1. The first-order valence-corrected chi connectivity index (χ1v) is 21.9. The number of hydrogen-bond donors (Lipinski definition) is 2. The Hall–Kier alpha value is -4.43. The summed E-state index contributed by atoms with van der Waals surface area (Å²) >= 11 is 0. The fraction of sp³-hybridized carbons (Fsp3) is 0.540. The molecule has 318 valence electrons. The highest BCUT2D eigenvalue weighted by Gasteiger charge is 2.15. The minimum atomic E-state index is -0.268. The van der Waals surface area contributed by atoms with Crippen molar-refractivity contribution >= 4 is 17.0 Å². The van der Waals surface area contributed by atoms with E-state index < -0.39 is 0 Å². The van der Waals surface area contributed by atoms with Gasteiger partial charge in [0.05, 0.1) is 13.2 Å². The Bertz CT molecular complexity index is 1930. The molecule has 8 nitrogen and oxygen atoms in total. The van der Waals surface area contributed by atoms with E-state index in [1.54, 1.807) is 4.57 Å². The van der Waals surface area contributed by atoms with Crippen LogP contribution >= 0.6 is 0 Å². The van der Waals surface area contributed by atoms with E-state index in [4.69, 9.17) is 10.5 Å². The highest BCUT2D eigenvalue weighted by Crippen LogP contribution is 2.20. The van der Waals surface area contributed by atoms with E-state index >= 15 is 0 Å². The number of nitrogens with two attached hydrogens (primary N) is 1. The smallest absolute Gasteiger partial charge is 0.328 e. The van der Waals surface area contributed by atoms with Crippen LogP contribution in [0.5, 0.6) is 6.01 Å². The van der Waals surface area contributed by atoms with Crippen molar-refractivity contribution in [3.63, 3.8) is 0 Å². The second kappa shape index (κ2) is 26.5. The van der Waals surface area contributed by atoms with E-state index in [9.17, 15) is 4.79 Å². The van der Waals surface area contributed by atoms with Gasteiger partial charge in [-0.3, -0.25) is 4.57 Å². The number of unbranched alkanes of at least 4 members (excludes halogenated alkanes) is 2. The third kappa shape index (κ3) is 18.9. The van der Waals surface area contributed by atoms with Crippen molar-refractivity contribution in [1.82, 2.24) is 24.4 Å². The molecule has 0 saturated carbocycles. The fourth-order valence-corrected chi connectivity index (χ4v) is 6.90. The number of nitrogens with zero attached hydrogens (tertiary/aromatic N) is 4. The Morgan fingerprint density at radius 2 is 1.21 bits per heavy atom. The van der Waals surface area contributed by atoms with Crippen molar-refractivity contribution in [3.05, 3.63) is 116 Å². The number of aromatic nitrogens is 4. The molecule has 0 radical (unpaired) electrons. The number of hydrogen-bond acceptors (Lipinski definition) is 6. The molecule has 3 rings (SSSR count). The topological polar surface area (TPSA) is 102 Å². The number of fused-ring (bicyclic) bond motifs is 1. The molecule has 0 saturated heterocycles.